The summed E-state index contributed by atoms with van der Waals surface area (Å²) in [4.78, 5) is 24.8. The molecule has 0 aromatic rings. The molecule has 0 aromatic carbocycles. The van der Waals surface area contributed by atoms with E-state index in [1.807, 2.05) is 20.8 Å². The van der Waals surface area contributed by atoms with Gasteiger partial charge in [-0.05, 0) is 39.5 Å². The normalized spacial score (nSPS) is 36.4. The number of Topliss-reactive ketones (excluding diaryl/α,β-unsaturated/α-hetero) is 1. The Labute approximate surface area is 119 Å². The van der Waals surface area contributed by atoms with Crippen LogP contribution in [0.2, 0.25) is 0 Å². The topological polar surface area (TPSA) is 52.6 Å². The molecule has 0 radical (unpaired) electrons. The number of ether oxygens (including phenoxy) is 2. The van der Waals surface area contributed by atoms with Gasteiger partial charge in [-0.1, -0.05) is 11.6 Å². The van der Waals surface area contributed by atoms with Crippen molar-refractivity contribution in [1.29, 1.82) is 0 Å². The Morgan fingerprint density at radius 3 is 2.85 bits per heavy atom. The van der Waals surface area contributed by atoms with Crippen molar-refractivity contribution >= 4 is 11.8 Å². The van der Waals surface area contributed by atoms with Crippen LogP contribution in [-0.2, 0) is 19.1 Å². The largest absolute Gasteiger partial charge is 0.450 e. The van der Waals surface area contributed by atoms with Crippen LogP contribution in [0.25, 0.3) is 0 Å². The highest BCUT2D eigenvalue weighted by atomic mass is 16.6. The Morgan fingerprint density at radius 2 is 2.20 bits per heavy atom. The summed E-state index contributed by atoms with van der Waals surface area (Å²) >= 11 is 0. The summed E-state index contributed by atoms with van der Waals surface area (Å²) in [7, 11) is 0. The van der Waals surface area contributed by atoms with E-state index in [4.69, 9.17) is 9.47 Å². The summed E-state index contributed by atoms with van der Waals surface area (Å²) in [6, 6.07) is 0. The predicted octanol–water partition coefficient (Wildman–Crippen LogP) is 2.41. The fourth-order valence-corrected chi connectivity index (χ4v) is 3.45. The number of carbonyl (C=O) groups is 2. The van der Waals surface area contributed by atoms with Crippen molar-refractivity contribution in [2.24, 2.45) is 11.3 Å². The zero-order chi connectivity index (χ0) is 14.5. The van der Waals surface area contributed by atoms with Crippen molar-refractivity contribution in [3.8, 4) is 0 Å². The molecule has 0 spiro atoms. The zero-order valence-electron chi connectivity index (χ0n) is 12.4. The van der Waals surface area contributed by atoms with E-state index in [2.05, 4.69) is 6.08 Å². The van der Waals surface area contributed by atoms with Gasteiger partial charge in [0.25, 0.3) is 0 Å². The lowest BCUT2D eigenvalue weighted by Gasteiger charge is -2.46. The van der Waals surface area contributed by atoms with Crippen molar-refractivity contribution in [1.82, 2.24) is 0 Å². The number of hydrogen-bond donors (Lipinski definition) is 0. The summed E-state index contributed by atoms with van der Waals surface area (Å²) in [5.41, 5.74) is -0.362. The first-order valence-corrected chi connectivity index (χ1v) is 7.36. The summed E-state index contributed by atoms with van der Waals surface area (Å²) in [5, 5.41) is 0. The fraction of sp³-hybridized carbons (Fsp3) is 0.750. The van der Waals surface area contributed by atoms with Gasteiger partial charge in [0.1, 0.15) is 6.61 Å². The molecular formula is C16H22O4. The van der Waals surface area contributed by atoms with E-state index in [0.29, 0.717) is 18.8 Å². The molecule has 0 N–H and O–H groups in total. The van der Waals surface area contributed by atoms with Gasteiger partial charge >= 0.3 is 5.97 Å². The van der Waals surface area contributed by atoms with Crippen molar-refractivity contribution in [2.75, 3.05) is 6.61 Å². The van der Waals surface area contributed by atoms with Crippen molar-refractivity contribution in [3.05, 3.63) is 11.6 Å². The summed E-state index contributed by atoms with van der Waals surface area (Å²) < 4.78 is 11.4. The van der Waals surface area contributed by atoms with Gasteiger partial charge in [0.05, 0.1) is 11.5 Å². The summed E-state index contributed by atoms with van der Waals surface area (Å²) in [6.45, 7) is 5.51. The van der Waals surface area contributed by atoms with Crippen molar-refractivity contribution in [3.63, 3.8) is 0 Å². The van der Waals surface area contributed by atoms with E-state index in [9.17, 15) is 9.59 Å². The van der Waals surface area contributed by atoms with Gasteiger partial charge < -0.3 is 9.47 Å². The molecule has 3 unspecified atom stereocenters. The van der Waals surface area contributed by atoms with Crippen LogP contribution in [0, 0.1) is 11.3 Å². The van der Waals surface area contributed by atoms with E-state index in [1.54, 1.807) is 0 Å². The highest BCUT2D eigenvalue weighted by Crippen LogP contribution is 2.45. The number of hydrogen-bond acceptors (Lipinski definition) is 4. The van der Waals surface area contributed by atoms with E-state index in [1.165, 1.54) is 5.57 Å². The van der Waals surface area contributed by atoms with Gasteiger partial charge in [0, 0.05) is 12.8 Å². The lowest BCUT2D eigenvalue weighted by molar-refractivity contribution is -0.184. The average Bonchev–Trinajstić information content (AvgIpc) is 2.32. The average molecular weight is 278 g/mol. The molecule has 2 aliphatic heterocycles. The van der Waals surface area contributed by atoms with E-state index in [-0.39, 0.29) is 24.5 Å². The first-order chi connectivity index (χ1) is 9.28. The molecule has 20 heavy (non-hydrogen) atoms. The maximum atomic E-state index is 12.5. The zero-order valence-corrected chi connectivity index (χ0v) is 12.4. The molecule has 0 amide bonds. The minimum absolute atomic E-state index is 0.0715. The van der Waals surface area contributed by atoms with Crippen LogP contribution in [0.15, 0.2) is 11.6 Å². The maximum absolute atomic E-state index is 12.5. The summed E-state index contributed by atoms with van der Waals surface area (Å²) in [5.74, 6) is -0.0758. The van der Waals surface area contributed by atoms with Crippen molar-refractivity contribution in [2.45, 2.75) is 58.2 Å². The molecule has 4 rings (SSSR count). The molecule has 4 bridgehead atoms. The third-order valence-corrected chi connectivity index (χ3v) is 4.49. The Bertz CT molecular complexity index is 485. The maximum Gasteiger partial charge on any atom is 0.312 e. The first-order valence-electron chi connectivity index (χ1n) is 7.36. The van der Waals surface area contributed by atoms with Crippen LogP contribution in [-0.4, -0.2) is 30.1 Å². The summed E-state index contributed by atoms with van der Waals surface area (Å²) in [6.07, 6.45) is 5.41. The highest BCUT2D eigenvalue weighted by Gasteiger charge is 2.51. The fourth-order valence-electron chi connectivity index (χ4n) is 3.45. The van der Waals surface area contributed by atoms with Gasteiger partial charge in [-0.25, -0.2) is 0 Å². The Morgan fingerprint density at radius 1 is 1.45 bits per heavy atom. The van der Waals surface area contributed by atoms with Gasteiger partial charge in [-0.2, -0.15) is 0 Å². The molecule has 0 aromatic heterocycles. The first kappa shape index (κ1) is 13.8. The smallest absolute Gasteiger partial charge is 0.312 e. The number of carbonyl (C=O) groups excluding carboxylic acids is 2. The lowest BCUT2D eigenvalue weighted by atomic mass is 9.69. The number of fused-ring (bicyclic) bond motifs is 2. The molecule has 2 aliphatic carbocycles. The standard InChI is InChI=1S/C16H22O4/c1-15(2,3)14(18)20-16-7-10-4-11(8-16)6-12(5-10)19-9-13(16)17/h4,10,12H,5-9H2,1-3H3. The van der Waals surface area contributed by atoms with Crippen LogP contribution < -0.4 is 0 Å². The second kappa shape index (κ2) is 4.42. The minimum Gasteiger partial charge on any atom is -0.450 e. The molecule has 3 atom stereocenters. The second-order valence-electron chi connectivity index (χ2n) is 7.40. The van der Waals surface area contributed by atoms with Crippen LogP contribution in [0.1, 0.15) is 46.5 Å². The molecular weight excluding hydrogens is 256 g/mol. The Kier molecular flexibility index (Phi) is 3.05. The highest BCUT2D eigenvalue weighted by molar-refractivity contribution is 5.92. The number of rotatable bonds is 1. The number of allylic oxidation sites excluding steroid dienone is 1. The van der Waals surface area contributed by atoms with E-state index < -0.39 is 11.0 Å². The van der Waals surface area contributed by atoms with E-state index in [0.717, 1.165) is 12.8 Å². The third kappa shape index (κ3) is 2.30. The molecule has 4 heteroatoms. The van der Waals surface area contributed by atoms with Crippen molar-refractivity contribution < 1.29 is 19.1 Å². The van der Waals surface area contributed by atoms with Crippen LogP contribution in [0.4, 0.5) is 0 Å². The number of ketones is 1. The van der Waals surface area contributed by atoms with Crippen LogP contribution in [0.5, 0.6) is 0 Å². The molecule has 110 valence electrons. The predicted molar refractivity (Wildman–Crippen MR) is 73.1 cm³/mol. The number of esters is 1. The monoisotopic (exact) mass is 278 g/mol. The molecule has 0 saturated carbocycles. The van der Waals surface area contributed by atoms with Gasteiger partial charge in [-0.3, -0.25) is 9.59 Å². The quantitative estimate of drug-likeness (QED) is 0.546. The van der Waals surface area contributed by atoms with Gasteiger partial charge in [-0.15, -0.1) is 0 Å². The molecule has 2 heterocycles. The van der Waals surface area contributed by atoms with E-state index >= 15 is 0 Å². The lowest BCUT2D eigenvalue weighted by Crippen LogP contribution is -2.54. The third-order valence-electron chi connectivity index (χ3n) is 4.49. The molecule has 4 aliphatic rings. The molecule has 4 nitrogen and oxygen atoms in total. The SMILES string of the molecule is CC(C)(C)C(=O)OC12CC3=CC(CC(C3)OCC1=O)C2. The Balaban J connectivity index is 1.91. The molecule has 2 saturated heterocycles. The van der Waals surface area contributed by atoms with Gasteiger partial charge in [0.2, 0.25) is 5.78 Å². The van der Waals surface area contributed by atoms with Crippen LogP contribution >= 0.6 is 0 Å². The van der Waals surface area contributed by atoms with Crippen LogP contribution in [0.3, 0.4) is 0 Å². The van der Waals surface area contributed by atoms with Gasteiger partial charge in [0.15, 0.2) is 5.60 Å². The second-order valence-corrected chi connectivity index (χ2v) is 7.40. The minimum atomic E-state index is -0.982. The Hall–Kier alpha value is -1.16. The molecule has 2 fully saturated rings.